The number of rotatable bonds is 3. The second kappa shape index (κ2) is 5.59. The fourth-order valence-electron chi connectivity index (χ4n) is 1.72. The standard InChI is InChI=1S/C14H14Cl2N2/c1-10-4-3-5-12(6-10)18(2)14-7-11(8-15)13(16)9-17-14/h3-7,9H,8H2,1-2H3. The van der Waals surface area contributed by atoms with Gasteiger partial charge in [0.25, 0.3) is 0 Å². The van der Waals surface area contributed by atoms with Crippen molar-refractivity contribution in [1.82, 2.24) is 4.98 Å². The van der Waals surface area contributed by atoms with Crippen molar-refractivity contribution in [2.24, 2.45) is 0 Å². The molecular formula is C14H14Cl2N2. The number of nitrogens with zero attached hydrogens (tertiary/aromatic N) is 2. The molecule has 0 aliphatic heterocycles. The third-order valence-electron chi connectivity index (χ3n) is 2.80. The van der Waals surface area contributed by atoms with Gasteiger partial charge in [-0.3, -0.25) is 0 Å². The molecular weight excluding hydrogens is 267 g/mol. The molecule has 1 aromatic heterocycles. The van der Waals surface area contributed by atoms with E-state index in [-0.39, 0.29) is 0 Å². The van der Waals surface area contributed by atoms with Gasteiger partial charge in [0, 0.05) is 24.8 Å². The van der Waals surface area contributed by atoms with E-state index >= 15 is 0 Å². The largest absolute Gasteiger partial charge is 0.329 e. The zero-order chi connectivity index (χ0) is 13.1. The Balaban J connectivity index is 2.36. The van der Waals surface area contributed by atoms with Crippen molar-refractivity contribution in [3.05, 3.63) is 52.7 Å². The highest BCUT2D eigenvalue weighted by molar-refractivity contribution is 6.32. The molecule has 4 heteroatoms. The Morgan fingerprint density at radius 1 is 1.28 bits per heavy atom. The lowest BCUT2D eigenvalue weighted by Crippen LogP contribution is -2.11. The van der Waals surface area contributed by atoms with Gasteiger partial charge in [0.15, 0.2) is 0 Å². The fraction of sp³-hybridized carbons (Fsp3) is 0.214. The van der Waals surface area contributed by atoms with Crippen LogP contribution in [0.5, 0.6) is 0 Å². The number of anilines is 2. The molecule has 0 N–H and O–H groups in total. The van der Waals surface area contributed by atoms with Crippen LogP contribution in [0.25, 0.3) is 0 Å². The highest BCUT2D eigenvalue weighted by Crippen LogP contribution is 2.26. The summed E-state index contributed by atoms with van der Waals surface area (Å²) < 4.78 is 0. The van der Waals surface area contributed by atoms with E-state index in [4.69, 9.17) is 23.2 Å². The Morgan fingerprint density at radius 3 is 2.72 bits per heavy atom. The van der Waals surface area contributed by atoms with E-state index in [1.165, 1.54) is 5.56 Å². The summed E-state index contributed by atoms with van der Waals surface area (Å²) in [4.78, 5) is 6.34. The molecule has 1 heterocycles. The molecule has 0 radical (unpaired) electrons. The highest BCUT2D eigenvalue weighted by atomic mass is 35.5. The average molecular weight is 281 g/mol. The average Bonchev–Trinajstić information content (AvgIpc) is 2.38. The number of aromatic nitrogens is 1. The van der Waals surface area contributed by atoms with E-state index < -0.39 is 0 Å². The van der Waals surface area contributed by atoms with Crippen molar-refractivity contribution in [1.29, 1.82) is 0 Å². The number of alkyl halides is 1. The van der Waals surface area contributed by atoms with E-state index in [2.05, 4.69) is 24.0 Å². The minimum absolute atomic E-state index is 0.385. The zero-order valence-corrected chi connectivity index (χ0v) is 11.8. The Kier molecular flexibility index (Phi) is 4.10. The van der Waals surface area contributed by atoms with Gasteiger partial charge in [0.05, 0.1) is 5.02 Å². The molecule has 1 aromatic carbocycles. The van der Waals surface area contributed by atoms with E-state index in [0.29, 0.717) is 10.9 Å². The predicted molar refractivity (Wildman–Crippen MR) is 78.0 cm³/mol. The molecule has 0 atom stereocenters. The first kappa shape index (κ1) is 13.2. The molecule has 0 fully saturated rings. The van der Waals surface area contributed by atoms with Crippen LogP contribution in [0, 0.1) is 6.92 Å². The molecule has 0 spiro atoms. The molecule has 2 aromatic rings. The third kappa shape index (κ3) is 2.77. The maximum absolute atomic E-state index is 6.01. The van der Waals surface area contributed by atoms with E-state index in [1.807, 2.05) is 30.1 Å². The lowest BCUT2D eigenvalue weighted by Gasteiger charge is -2.19. The second-order valence-electron chi connectivity index (χ2n) is 4.17. The number of hydrogen-bond acceptors (Lipinski definition) is 2. The Hall–Kier alpha value is -1.25. The Bertz CT molecular complexity index is 555. The van der Waals surface area contributed by atoms with E-state index in [0.717, 1.165) is 17.1 Å². The summed E-state index contributed by atoms with van der Waals surface area (Å²) in [6.07, 6.45) is 1.64. The van der Waals surface area contributed by atoms with Crippen molar-refractivity contribution < 1.29 is 0 Å². The molecule has 0 aliphatic carbocycles. The molecule has 94 valence electrons. The normalized spacial score (nSPS) is 10.4. The maximum atomic E-state index is 6.01. The van der Waals surface area contributed by atoms with E-state index in [1.54, 1.807) is 6.20 Å². The minimum Gasteiger partial charge on any atom is -0.329 e. The number of hydrogen-bond donors (Lipinski definition) is 0. The lowest BCUT2D eigenvalue weighted by molar-refractivity contribution is 1.11. The molecule has 0 saturated carbocycles. The third-order valence-corrected chi connectivity index (χ3v) is 3.43. The van der Waals surface area contributed by atoms with Crippen LogP contribution in [0.15, 0.2) is 36.5 Å². The van der Waals surface area contributed by atoms with Crippen molar-refractivity contribution >= 4 is 34.7 Å². The van der Waals surface area contributed by atoms with Gasteiger partial charge in [0.2, 0.25) is 0 Å². The predicted octanol–water partition coefficient (Wildman–Crippen LogP) is 4.55. The van der Waals surface area contributed by atoms with Gasteiger partial charge in [-0.1, -0.05) is 23.7 Å². The molecule has 0 unspecified atom stereocenters. The molecule has 0 aliphatic rings. The molecule has 2 nitrogen and oxygen atoms in total. The highest BCUT2D eigenvalue weighted by Gasteiger charge is 2.08. The molecule has 0 saturated heterocycles. The van der Waals surface area contributed by atoms with Crippen LogP contribution in [0.4, 0.5) is 11.5 Å². The first-order valence-electron chi connectivity index (χ1n) is 5.62. The van der Waals surface area contributed by atoms with Gasteiger partial charge in [-0.25, -0.2) is 4.98 Å². The zero-order valence-electron chi connectivity index (χ0n) is 10.3. The van der Waals surface area contributed by atoms with Gasteiger partial charge in [-0.2, -0.15) is 0 Å². The smallest absolute Gasteiger partial charge is 0.133 e. The summed E-state index contributed by atoms with van der Waals surface area (Å²) in [5, 5.41) is 0.603. The first-order valence-corrected chi connectivity index (χ1v) is 6.54. The number of pyridine rings is 1. The van der Waals surface area contributed by atoms with Crippen LogP contribution < -0.4 is 4.90 Å². The number of benzene rings is 1. The van der Waals surface area contributed by atoms with Gasteiger partial charge >= 0.3 is 0 Å². The fourth-order valence-corrected chi connectivity index (χ4v) is 2.18. The topological polar surface area (TPSA) is 16.1 Å². The van der Waals surface area contributed by atoms with E-state index in [9.17, 15) is 0 Å². The van der Waals surface area contributed by atoms with Gasteiger partial charge in [-0.15, -0.1) is 11.6 Å². The summed E-state index contributed by atoms with van der Waals surface area (Å²) in [6, 6.07) is 10.2. The van der Waals surface area contributed by atoms with Gasteiger partial charge in [-0.05, 0) is 36.2 Å². The van der Waals surface area contributed by atoms with Crippen LogP contribution in [-0.4, -0.2) is 12.0 Å². The van der Waals surface area contributed by atoms with Crippen LogP contribution in [-0.2, 0) is 5.88 Å². The van der Waals surface area contributed by atoms with Gasteiger partial charge in [0.1, 0.15) is 5.82 Å². The van der Waals surface area contributed by atoms with Crippen molar-refractivity contribution in [2.75, 3.05) is 11.9 Å². The van der Waals surface area contributed by atoms with Crippen molar-refractivity contribution in [3.63, 3.8) is 0 Å². The second-order valence-corrected chi connectivity index (χ2v) is 4.84. The first-order chi connectivity index (χ1) is 8.61. The number of halogens is 2. The van der Waals surface area contributed by atoms with Crippen LogP contribution in [0.2, 0.25) is 5.02 Å². The van der Waals surface area contributed by atoms with Crippen LogP contribution in [0.1, 0.15) is 11.1 Å². The Labute approximate surface area is 117 Å². The molecule has 0 amide bonds. The number of aryl methyl sites for hydroxylation is 1. The molecule has 0 bridgehead atoms. The van der Waals surface area contributed by atoms with Crippen LogP contribution >= 0.6 is 23.2 Å². The van der Waals surface area contributed by atoms with Crippen molar-refractivity contribution in [3.8, 4) is 0 Å². The molecule has 2 rings (SSSR count). The summed E-state index contributed by atoms with van der Waals surface area (Å²) in [7, 11) is 1.98. The van der Waals surface area contributed by atoms with Gasteiger partial charge < -0.3 is 4.90 Å². The van der Waals surface area contributed by atoms with Crippen LogP contribution in [0.3, 0.4) is 0 Å². The maximum Gasteiger partial charge on any atom is 0.133 e. The summed E-state index contributed by atoms with van der Waals surface area (Å²) in [6.45, 7) is 2.07. The SMILES string of the molecule is Cc1cccc(N(C)c2cc(CCl)c(Cl)cn2)c1. The Morgan fingerprint density at radius 2 is 2.06 bits per heavy atom. The molecule has 18 heavy (non-hydrogen) atoms. The lowest BCUT2D eigenvalue weighted by atomic mass is 10.2. The summed E-state index contributed by atoms with van der Waals surface area (Å²) in [5.41, 5.74) is 3.19. The quantitative estimate of drug-likeness (QED) is 0.767. The summed E-state index contributed by atoms with van der Waals surface area (Å²) >= 11 is 11.9. The monoisotopic (exact) mass is 280 g/mol. The minimum atomic E-state index is 0.385. The summed E-state index contributed by atoms with van der Waals surface area (Å²) in [5.74, 6) is 1.22. The van der Waals surface area contributed by atoms with Crippen molar-refractivity contribution in [2.45, 2.75) is 12.8 Å².